The first-order valence-electron chi connectivity index (χ1n) is 10.1. The van der Waals surface area contributed by atoms with Crippen LogP contribution in [0.1, 0.15) is 37.7 Å². The van der Waals surface area contributed by atoms with Gasteiger partial charge in [0.05, 0.1) is 11.9 Å². The van der Waals surface area contributed by atoms with Crippen molar-refractivity contribution in [1.29, 1.82) is 0 Å². The van der Waals surface area contributed by atoms with Crippen LogP contribution in [-0.2, 0) is 14.4 Å². The Hall–Kier alpha value is -3.50. The predicted molar refractivity (Wildman–Crippen MR) is 117 cm³/mol. The van der Waals surface area contributed by atoms with E-state index in [0.29, 0.717) is 11.5 Å². The van der Waals surface area contributed by atoms with Crippen LogP contribution >= 0.6 is 0 Å². The number of hydrogen-bond donors (Lipinski definition) is 1. The first kappa shape index (κ1) is 21.2. The SMILES string of the molecule is O=[C][C@H](C=C=O)N(c1ccc(NC(=O)C=Cc2ccccc2)nc1)C1CCCCC1. The molecule has 0 aliphatic heterocycles. The lowest BCUT2D eigenvalue weighted by molar-refractivity contribution is -0.111. The van der Waals surface area contributed by atoms with Crippen molar-refractivity contribution in [3.05, 3.63) is 66.4 Å². The molecule has 1 N–H and O–H groups in total. The third-order valence-corrected chi connectivity index (χ3v) is 5.14. The Labute approximate surface area is 176 Å². The number of carbonyl (C=O) groups is 1. The molecule has 30 heavy (non-hydrogen) atoms. The first-order valence-corrected chi connectivity index (χ1v) is 10.1. The van der Waals surface area contributed by atoms with Crippen molar-refractivity contribution in [3.63, 3.8) is 0 Å². The number of benzene rings is 1. The molecule has 1 aromatic carbocycles. The van der Waals surface area contributed by atoms with E-state index >= 15 is 0 Å². The van der Waals surface area contributed by atoms with Crippen LogP contribution in [-0.4, -0.2) is 35.2 Å². The minimum absolute atomic E-state index is 0.130. The number of rotatable bonds is 8. The molecule has 1 amide bonds. The van der Waals surface area contributed by atoms with E-state index in [2.05, 4.69) is 10.3 Å². The average Bonchev–Trinajstić information content (AvgIpc) is 2.80. The number of anilines is 2. The molecule has 1 aromatic heterocycles. The minimum Gasteiger partial charge on any atom is -0.353 e. The van der Waals surface area contributed by atoms with Gasteiger partial charge in [-0.15, -0.1) is 0 Å². The van der Waals surface area contributed by atoms with Crippen LogP contribution in [0.4, 0.5) is 11.5 Å². The molecular formula is C24H24N3O3. The van der Waals surface area contributed by atoms with Gasteiger partial charge in [-0.3, -0.25) is 9.59 Å². The largest absolute Gasteiger partial charge is 0.353 e. The number of carbonyl (C=O) groups excluding carboxylic acids is 3. The van der Waals surface area contributed by atoms with Crippen LogP contribution in [0.5, 0.6) is 0 Å². The summed E-state index contributed by atoms with van der Waals surface area (Å²) in [4.78, 5) is 40.7. The number of hydrogen-bond acceptors (Lipinski definition) is 5. The van der Waals surface area contributed by atoms with Gasteiger partial charge >= 0.3 is 0 Å². The van der Waals surface area contributed by atoms with Gasteiger partial charge in [0.2, 0.25) is 12.2 Å². The van der Waals surface area contributed by atoms with Crippen LogP contribution in [0, 0.1) is 0 Å². The number of aromatic nitrogens is 1. The van der Waals surface area contributed by atoms with Crippen molar-refractivity contribution in [1.82, 2.24) is 4.98 Å². The lowest BCUT2D eigenvalue weighted by Gasteiger charge is -2.37. The van der Waals surface area contributed by atoms with Gasteiger partial charge in [0.15, 0.2) is 0 Å². The molecule has 3 rings (SSSR count). The zero-order valence-electron chi connectivity index (χ0n) is 16.7. The van der Waals surface area contributed by atoms with Crippen molar-refractivity contribution in [2.45, 2.75) is 44.2 Å². The topological polar surface area (TPSA) is 79.4 Å². The van der Waals surface area contributed by atoms with Gasteiger partial charge in [-0.05, 0) is 36.6 Å². The highest BCUT2D eigenvalue weighted by molar-refractivity contribution is 6.01. The summed E-state index contributed by atoms with van der Waals surface area (Å²) in [5, 5.41) is 2.72. The van der Waals surface area contributed by atoms with Crippen LogP contribution in [0.15, 0.2) is 60.8 Å². The van der Waals surface area contributed by atoms with E-state index in [1.165, 1.54) is 18.6 Å². The standard InChI is InChI=1S/C24H24N3O3/c28-16-15-22(18-29)27(20-9-5-2-6-10-20)21-12-13-23(25-17-21)26-24(30)14-11-19-7-3-1-4-8-19/h1,3-4,7-8,11-15,17,20,22H,2,5-6,9-10H2,(H,25,26,30)/t22-/m0/s1. The van der Waals surface area contributed by atoms with E-state index in [1.807, 2.05) is 41.5 Å². The molecule has 1 heterocycles. The van der Waals surface area contributed by atoms with E-state index in [1.54, 1.807) is 30.3 Å². The predicted octanol–water partition coefficient (Wildman–Crippen LogP) is 3.74. The van der Waals surface area contributed by atoms with Crippen molar-refractivity contribution in [2.24, 2.45) is 0 Å². The summed E-state index contributed by atoms with van der Waals surface area (Å²) in [6.45, 7) is 0. The molecule has 1 fully saturated rings. The van der Waals surface area contributed by atoms with Crippen molar-refractivity contribution in [3.8, 4) is 0 Å². The van der Waals surface area contributed by atoms with E-state index in [-0.39, 0.29) is 11.9 Å². The Morgan fingerprint density at radius 2 is 1.87 bits per heavy atom. The maximum atomic E-state index is 12.1. The number of nitrogens with one attached hydrogen (secondary N) is 1. The van der Waals surface area contributed by atoms with E-state index in [4.69, 9.17) is 0 Å². The van der Waals surface area contributed by atoms with Crippen LogP contribution < -0.4 is 10.2 Å². The molecule has 1 saturated carbocycles. The highest BCUT2D eigenvalue weighted by Crippen LogP contribution is 2.29. The lowest BCUT2D eigenvalue weighted by atomic mass is 9.93. The maximum Gasteiger partial charge on any atom is 0.249 e. The molecule has 1 aliphatic rings. The normalized spacial score (nSPS) is 15.2. The third-order valence-electron chi connectivity index (χ3n) is 5.14. The van der Waals surface area contributed by atoms with Gasteiger partial charge in [0.25, 0.3) is 0 Å². The summed E-state index contributed by atoms with van der Waals surface area (Å²) in [5.41, 5.74) is 1.64. The Morgan fingerprint density at radius 1 is 1.10 bits per heavy atom. The molecule has 1 atom stereocenters. The molecule has 0 unspecified atom stereocenters. The molecule has 0 bridgehead atoms. The smallest absolute Gasteiger partial charge is 0.249 e. The highest BCUT2D eigenvalue weighted by Gasteiger charge is 2.27. The zero-order valence-corrected chi connectivity index (χ0v) is 16.7. The van der Waals surface area contributed by atoms with E-state index in [9.17, 15) is 14.4 Å². The number of amides is 1. The fraction of sp³-hybridized carbons (Fsp3) is 0.292. The second-order valence-corrected chi connectivity index (χ2v) is 7.18. The minimum atomic E-state index is -0.804. The summed E-state index contributed by atoms with van der Waals surface area (Å²) in [7, 11) is 0. The van der Waals surface area contributed by atoms with Crippen molar-refractivity contribution < 1.29 is 14.4 Å². The van der Waals surface area contributed by atoms with Gasteiger partial charge in [-0.1, -0.05) is 49.6 Å². The molecule has 1 aliphatic carbocycles. The molecule has 2 aromatic rings. The van der Waals surface area contributed by atoms with Gasteiger partial charge < -0.3 is 10.2 Å². The fourth-order valence-electron chi connectivity index (χ4n) is 3.71. The van der Waals surface area contributed by atoms with Crippen molar-refractivity contribution >= 4 is 35.7 Å². The molecule has 6 heteroatoms. The average molecular weight is 402 g/mol. The molecule has 0 saturated heterocycles. The summed E-state index contributed by atoms with van der Waals surface area (Å²) in [6.07, 6.45) is 13.1. The summed E-state index contributed by atoms with van der Waals surface area (Å²) >= 11 is 0. The third kappa shape index (κ3) is 5.75. The van der Waals surface area contributed by atoms with Crippen LogP contribution in [0.3, 0.4) is 0 Å². The monoisotopic (exact) mass is 402 g/mol. The van der Waals surface area contributed by atoms with Gasteiger partial charge in [0, 0.05) is 18.2 Å². The van der Waals surface area contributed by atoms with Crippen molar-refractivity contribution in [2.75, 3.05) is 10.2 Å². The fourth-order valence-corrected chi connectivity index (χ4v) is 3.71. The number of nitrogens with zero attached hydrogens (tertiary/aromatic N) is 2. The lowest BCUT2D eigenvalue weighted by Crippen LogP contribution is -2.44. The van der Waals surface area contributed by atoms with Crippen LogP contribution in [0.25, 0.3) is 6.08 Å². The first-order chi connectivity index (χ1) is 14.7. The molecule has 1 radical (unpaired) electrons. The molecule has 6 nitrogen and oxygen atoms in total. The summed E-state index contributed by atoms with van der Waals surface area (Å²) in [5.74, 6) is 1.83. The second kappa shape index (κ2) is 10.9. The maximum absolute atomic E-state index is 12.1. The van der Waals surface area contributed by atoms with Gasteiger partial charge in [-0.25, -0.2) is 9.78 Å². The van der Waals surface area contributed by atoms with E-state index < -0.39 is 6.04 Å². The Kier molecular flexibility index (Phi) is 7.70. The Balaban J connectivity index is 1.72. The quantitative estimate of drug-likeness (QED) is 0.538. The molecular weight excluding hydrogens is 378 g/mol. The van der Waals surface area contributed by atoms with Crippen LogP contribution in [0.2, 0.25) is 0 Å². The highest BCUT2D eigenvalue weighted by atomic mass is 16.1. The number of pyridine rings is 1. The summed E-state index contributed by atoms with van der Waals surface area (Å²) in [6, 6.07) is 12.3. The molecule has 153 valence electrons. The van der Waals surface area contributed by atoms with Gasteiger partial charge in [-0.2, -0.15) is 0 Å². The Morgan fingerprint density at radius 3 is 2.50 bits per heavy atom. The Bertz CT molecular complexity index is 912. The van der Waals surface area contributed by atoms with E-state index in [0.717, 1.165) is 31.2 Å². The zero-order chi connectivity index (χ0) is 21.2. The second-order valence-electron chi connectivity index (χ2n) is 7.18. The summed E-state index contributed by atoms with van der Waals surface area (Å²) < 4.78 is 0. The molecule has 0 spiro atoms. The van der Waals surface area contributed by atoms with Gasteiger partial charge in [0.1, 0.15) is 17.8 Å².